The maximum Gasteiger partial charge on any atom is 0.317 e. The van der Waals surface area contributed by atoms with Crippen molar-refractivity contribution in [3.05, 3.63) is 29.8 Å². The highest BCUT2D eigenvalue weighted by atomic mass is 16.5. The third-order valence-electron chi connectivity index (χ3n) is 6.00. The van der Waals surface area contributed by atoms with E-state index < -0.39 is 0 Å². The Morgan fingerprint density at radius 1 is 1.41 bits per heavy atom. The molecule has 2 aliphatic rings. The average Bonchev–Trinajstić information content (AvgIpc) is 3.16. The number of aliphatic hydroxyl groups is 1. The van der Waals surface area contributed by atoms with E-state index in [0.717, 1.165) is 32.4 Å². The van der Waals surface area contributed by atoms with E-state index in [2.05, 4.69) is 41.4 Å². The fourth-order valence-electron chi connectivity index (χ4n) is 4.17. The number of aliphatic hydroxyl groups excluding tert-OH is 1. The van der Waals surface area contributed by atoms with Crippen molar-refractivity contribution < 1.29 is 14.6 Å². The Labute approximate surface area is 162 Å². The molecular weight excluding hydrogens is 342 g/mol. The van der Waals surface area contributed by atoms with Gasteiger partial charge < -0.3 is 25.0 Å². The van der Waals surface area contributed by atoms with Gasteiger partial charge in [0.15, 0.2) is 0 Å². The summed E-state index contributed by atoms with van der Waals surface area (Å²) in [4.78, 5) is 16.6. The molecular formula is C21H33N3O3. The van der Waals surface area contributed by atoms with Crippen LogP contribution in [-0.2, 0) is 4.74 Å². The first-order valence-electron chi connectivity index (χ1n) is 10.0. The molecule has 6 nitrogen and oxygen atoms in total. The number of carbonyl (C=O) groups excluding carboxylic acids is 1. The standard InChI is InChI=1S/C21H33N3O3/c1-17-4-3-5-19(12-17)24-9-6-18(14-24)13-22-20(26)23(2)15-21(16-25)7-10-27-11-8-21/h3-5,12,18,25H,6-11,13-16H2,1-2H3,(H,22,26)/t18-/m1/s1. The van der Waals surface area contributed by atoms with Crippen LogP contribution in [0, 0.1) is 18.3 Å². The molecule has 1 aromatic rings. The topological polar surface area (TPSA) is 65.0 Å². The van der Waals surface area contributed by atoms with Crippen molar-refractivity contribution in [2.75, 3.05) is 57.9 Å². The van der Waals surface area contributed by atoms with Crippen LogP contribution in [0.15, 0.2) is 24.3 Å². The van der Waals surface area contributed by atoms with Crippen LogP contribution in [0.5, 0.6) is 0 Å². The van der Waals surface area contributed by atoms with Crippen molar-refractivity contribution in [3.63, 3.8) is 0 Å². The monoisotopic (exact) mass is 375 g/mol. The lowest BCUT2D eigenvalue weighted by Gasteiger charge is -2.38. The van der Waals surface area contributed by atoms with E-state index in [1.54, 1.807) is 4.90 Å². The molecule has 2 aliphatic heterocycles. The van der Waals surface area contributed by atoms with E-state index in [9.17, 15) is 9.90 Å². The Morgan fingerprint density at radius 2 is 2.19 bits per heavy atom. The molecule has 6 heteroatoms. The average molecular weight is 376 g/mol. The number of hydrogen-bond acceptors (Lipinski definition) is 4. The van der Waals surface area contributed by atoms with Crippen LogP contribution in [0.4, 0.5) is 10.5 Å². The third kappa shape index (κ3) is 5.14. The van der Waals surface area contributed by atoms with Gasteiger partial charge in [-0.15, -0.1) is 0 Å². The van der Waals surface area contributed by atoms with E-state index in [-0.39, 0.29) is 18.1 Å². The number of aryl methyl sites for hydroxylation is 1. The molecule has 0 aromatic heterocycles. The summed E-state index contributed by atoms with van der Waals surface area (Å²) in [7, 11) is 1.82. The zero-order valence-corrected chi connectivity index (χ0v) is 16.6. The number of benzene rings is 1. The Balaban J connectivity index is 1.45. The second-order valence-electron chi connectivity index (χ2n) is 8.25. The van der Waals surface area contributed by atoms with Gasteiger partial charge in [0, 0.05) is 57.5 Å². The molecule has 2 amide bonds. The fourth-order valence-corrected chi connectivity index (χ4v) is 4.17. The summed E-state index contributed by atoms with van der Waals surface area (Å²) >= 11 is 0. The summed E-state index contributed by atoms with van der Waals surface area (Å²) in [5, 5.41) is 12.9. The summed E-state index contributed by atoms with van der Waals surface area (Å²) < 4.78 is 5.40. The zero-order valence-electron chi connectivity index (χ0n) is 16.6. The minimum atomic E-state index is -0.223. The number of urea groups is 1. The van der Waals surface area contributed by atoms with Crippen molar-refractivity contribution in [1.29, 1.82) is 0 Å². The quantitative estimate of drug-likeness (QED) is 0.800. The number of hydrogen-bond donors (Lipinski definition) is 2. The summed E-state index contributed by atoms with van der Waals surface area (Å²) in [5.74, 6) is 0.470. The van der Waals surface area contributed by atoms with Gasteiger partial charge in [-0.2, -0.15) is 0 Å². The van der Waals surface area contributed by atoms with E-state index in [4.69, 9.17) is 4.74 Å². The van der Waals surface area contributed by atoms with E-state index in [0.29, 0.717) is 32.2 Å². The Bertz CT molecular complexity index is 631. The smallest absolute Gasteiger partial charge is 0.317 e. The Kier molecular flexibility index (Phi) is 6.60. The van der Waals surface area contributed by atoms with Gasteiger partial charge in [-0.3, -0.25) is 0 Å². The highest BCUT2D eigenvalue weighted by molar-refractivity contribution is 5.73. The zero-order chi connectivity index (χ0) is 19.3. The van der Waals surface area contributed by atoms with Crippen LogP contribution >= 0.6 is 0 Å². The van der Waals surface area contributed by atoms with E-state index in [1.165, 1.54) is 11.3 Å². The summed E-state index contributed by atoms with van der Waals surface area (Å²) in [6.07, 6.45) is 2.69. The minimum absolute atomic E-state index is 0.0525. The van der Waals surface area contributed by atoms with Crippen molar-refractivity contribution >= 4 is 11.7 Å². The molecule has 0 bridgehead atoms. The Morgan fingerprint density at radius 3 is 2.89 bits per heavy atom. The second-order valence-corrected chi connectivity index (χ2v) is 8.25. The molecule has 27 heavy (non-hydrogen) atoms. The van der Waals surface area contributed by atoms with Gasteiger partial charge in [0.2, 0.25) is 0 Å². The van der Waals surface area contributed by atoms with Gasteiger partial charge in [0.1, 0.15) is 0 Å². The molecule has 0 unspecified atom stereocenters. The SMILES string of the molecule is Cc1cccc(N2CC[C@H](CNC(=O)N(C)CC3(CO)CCOCC3)C2)c1. The number of carbonyl (C=O) groups is 1. The minimum Gasteiger partial charge on any atom is -0.396 e. The van der Waals surface area contributed by atoms with Crippen molar-refractivity contribution in [2.45, 2.75) is 26.2 Å². The molecule has 1 atom stereocenters. The lowest BCUT2D eigenvalue weighted by atomic mass is 9.80. The van der Waals surface area contributed by atoms with Crippen LogP contribution in [-0.4, -0.2) is 69.1 Å². The van der Waals surface area contributed by atoms with Gasteiger partial charge in [-0.05, 0) is 49.8 Å². The van der Waals surface area contributed by atoms with Crippen molar-refractivity contribution in [2.24, 2.45) is 11.3 Å². The summed E-state index contributed by atoms with van der Waals surface area (Å²) in [6, 6.07) is 8.54. The van der Waals surface area contributed by atoms with Gasteiger partial charge in [0.05, 0.1) is 6.61 Å². The molecule has 0 spiro atoms. The highest BCUT2D eigenvalue weighted by Crippen LogP contribution is 2.30. The third-order valence-corrected chi connectivity index (χ3v) is 6.00. The van der Waals surface area contributed by atoms with Crippen LogP contribution in [0.2, 0.25) is 0 Å². The van der Waals surface area contributed by atoms with Gasteiger partial charge in [-0.25, -0.2) is 4.79 Å². The van der Waals surface area contributed by atoms with Crippen LogP contribution in [0.25, 0.3) is 0 Å². The van der Waals surface area contributed by atoms with E-state index in [1.807, 2.05) is 7.05 Å². The first-order chi connectivity index (χ1) is 13.0. The predicted molar refractivity (Wildman–Crippen MR) is 107 cm³/mol. The molecule has 2 N–H and O–H groups in total. The van der Waals surface area contributed by atoms with Crippen molar-refractivity contribution in [3.8, 4) is 0 Å². The lowest BCUT2D eigenvalue weighted by Crippen LogP contribution is -2.48. The van der Waals surface area contributed by atoms with Crippen molar-refractivity contribution in [1.82, 2.24) is 10.2 Å². The molecule has 2 heterocycles. The van der Waals surface area contributed by atoms with Crippen LogP contribution < -0.4 is 10.2 Å². The highest BCUT2D eigenvalue weighted by Gasteiger charge is 2.34. The van der Waals surface area contributed by atoms with Crippen LogP contribution in [0.3, 0.4) is 0 Å². The Hall–Kier alpha value is -1.79. The van der Waals surface area contributed by atoms with Gasteiger partial charge >= 0.3 is 6.03 Å². The largest absolute Gasteiger partial charge is 0.396 e. The number of ether oxygens (including phenoxy) is 1. The summed E-state index contributed by atoms with van der Waals surface area (Å²) in [6.45, 7) is 6.81. The van der Waals surface area contributed by atoms with E-state index >= 15 is 0 Å². The molecule has 0 radical (unpaired) electrons. The van der Waals surface area contributed by atoms with Gasteiger partial charge in [-0.1, -0.05) is 12.1 Å². The first-order valence-corrected chi connectivity index (χ1v) is 10.0. The molecule has 3 rings (SSSR count). The molecule has 2 saturated heterocycles. The predicted octanol–water partition coefficient (Wildman–Crippen LogP) is 2.25. The molecule has 1 aromatic carbocycles. The molecule has 150 valence electrons. The first kappa shape index (κ1) is 20.0. The number of rotatable bonds is 6. The second kappa shape index (κ2) is 8.93. The van der Waals surface area contributed by atoms with Gasteiger partial charge in [0.25, 0.3) is 0 Å². The maximum absolute atomic E-state index is 12.5. The molecule has 0 aliphatic carbocycles. The van der Waals surface area contributed by atoms with Crippen LogP contribution in [0.1, 0.15) is 24.8 Å². The maximum atomic E-state index is 12.5. The number of anilines is 1. The summed E-state index contributed by atoms with van der Waals surface area (Å²) in [5.41, 5.74) is 2.32. The number of amides is 2. The lowest BCUT2D eigenvalue weighted by molar-refractivity contribution is -0.0261. The normalized spacial score (nSPS) is 21.9. The molecule has 0 saturated carbocycles. The fraction of sp³-hybridized carbons (Fsp3) is 0.667. The number of nitrogens with one attached hydrogen (secondary N) is 1. The molecule has 2 fully saturated rings. The number of nitrogens with zero attached hydrogens (tertiary/aromatic N) is 2.